The number of hydrogen-bond acceptors (Lipinski definition) is 4. The Morgan fingerprint density at radius 1 is 1.39 bits per heavy atom. The molecule has 0 amide bonds. The van der Waals surface area contributed by atoms with Gasteiger partial charge in [0.15, 0.2) is 10.8 Å². The van der Waals surface area contributed by atoms with Gasteiger partial charge in [0.2, 0.25) is 0 Å². The number of aromatic nitrogens is 1. The quantitative estimate of drug-likeness (QED) is 0.784. The zero-order valence-corrected chi connectivity index (χ0v) is 10.1. The summed E-state index contributed by atoms with van der Waals surface area (Å²) in [5, 5.41) is 9.58. The summed E-state index contributed by atoms with van der Waals surface area (Å²) in [5.74, 6) is -0.0962. The van der Waals surface area contributed by atoms with Gasteiger partial charge >= 0.3 is 5.97 Å². The maximum Gasteiger partial charge on any atom is 0.307 e. The maximum atomic E-state index is 10.7. The van der Waals surface area contributed by atoms with Crippen LogP contribution < -0.4 is 0 Å². The summed E-state index contributed by atoms with van der Waals surface area (Å²) in [6, 6.07) is 9.18. The first-order valence-corrected chi connectivity index (χ1v) is 6.19. The smallest absolute Gasteiger partial charge is 0.307 e. The van der Waals surface area contributed by atoms with Crippen LogP contribution in [0.1, 0.15) is 5.56 Å². The molecule has 0 unspecified atom stereocenters. The normalized spacial score (nSPS) is 10.9. The number of rotatable bonds is 3. The number of nitrogens with zero attached hydrogens (tertiary/aromatic N) is 1. The van der Waals surface area contributed by atoms with E-state index in [-0.39, 0.29) is 6.42 Å². The highest BCUT2D eigenvalue weighted by atomic mass is 32.1. The predicted octanol–water partition coefficient (Wildman–Crippen LogP) is 3.18. The third-order valence-corrected chi connectivity index (χ3v) is 3.57. The number of carboxylic acid groups (broad SMARTS) is 1. The van der Waals surface area contributed by atoms with E-state index in [4.69, 9.17) is 9.52 Å². The molecule has 3 aromatic rings. The number of furan rings is 1. The van der Waals surface area contributed by atoms with Gasteiger partial charge in [-0.15, -0.1) is 11.3 Å². The van der Waals surface area contributed by atoms with Crippen LogP contribution in [0.3, 0.4) is 0 Å². The van der Waals surface area contributed by atoms with Gasteiger partial charge < -0.3 is 9.52 Å². The molecule has 1 aromatic carbocycles. The van der Waals surface area contributed by atoms with Gasteiger partial charge in [0.1, 0.15) is 0 Å². The lowest BCUT2D eigenvalue weighted by Gasteiger charge is -1.95. The van der Waals surface area contributed by atoms with Crippen LogP contribution >= 0.6 is 11.3 Å². The Balaban J connectivity index is 2.04. The molecular formula is C13H9NO3S. The number of fused-ring (bicyclic) bond motifs is 1. The predicted molar refractivity (Wildman–Crippen MR) is 68.7 cm³/mol. The molecule has 0 fully saturated rings. The molecule has 0 aliphatic heterocycles. The van der Waals surface area contributed by atoms with Crippen LogP contribution in [0.5, 0.6) is 0 Å². The second-order valence-corrected chi connectivity index (χ2v) is 4.90. The number of carbonyl (C=O) groups is 1. The minimum Gasteiger partial charge on any atom is -0.481 e. The zero-order valence-electron chi connectivity index (χ0n) is 9.29. The highest BCUT2D eigenvalue weighted by Gasteiger charge is 2.09. The molecule has 18 heavy (non-hydrogen) atoms. The summed E-state index contributed by atoms with van der Waals surface area (Å²) >= 11 is 1.50. The highest BCUT2D eigenvalue weighted by molar-refractivity contribution is 7.21. The van der Waals surface area contributed by atoms with Crippen molar-refractivity contribution < 1.29 is 14.3 Å². The van der Waals surface area contributed by atoms with Crippen LogP contribution in [0.4, 0.5) is 0 Å². The Bertz CT molecular complexity index is 700. The molecular weight excluding hydrogens is 250 g/mol. The van der Waals surface area contributed by atoms with Crippen molar-refractivity contribution in [1.29, 1.82) is 0 Å². The molecule has 90 valence electrons. The van der Waals surface area contributed by atoms with E-state index in [0.29, 0.717) is 0 Å². The van der Waals surface area contributed by atoms with E-state index in [2.05, 4.69) is 4.98 Å². The number of thiazole rings is 1. The summed E-state index contributed by atoms with van der Waals surface area (Å²) < 4.78 is 6.27. The average Bonchev–Trinajstić information content (AvgIpc) is 2.95. The molecule has 4 nitrogen and oxygen atoms in total. The lowest BCUT2D eigenvalue weighted by Crippen LogP contribution is -1.99. The first-order valence-electron chi connectivity index (χ1n) is 5.37. The molecule has 2 aromatic heterocycles. The average molecular weight is 259 g/mol. The van der Waals surface area contributed by atoms with Gasteiger partial charge in [-0.3, -0.25) is 4.79 Å². The monoisotopic (exact) mass is 259 g/mol. The Labute approximate surface area is 107 Å². The first kappa shape index (κ1) is 11.0. The SMILES string of the molecule is O=C(O)Cc1ccc2nc(-c3ccco3)sc2c1. The Morgan fingerprint density at radius 2 is 2.28 bits per heavy atom. The minimum absolute atomic E-state index is 0.0317. The van der Waals surface area contributed by atoms with Gasteiger partial charge in [0.05, 0.1) is 22.9 Å². The first-order chi connectivity index (χ1) is 8.72. The lowest BCUT2D eigenvalue weighted by molar-refractivity contribution is -0.136. The molecule has 5 heteroatoms. The molecule has 0 radical (unpaired) electrons. The second kappa shape index (κ2) is 4.27. The fraction of sp³-hybridized carbons (Fsp3) is 0.0769. The fourth-order valence-corrected chi connectivity index (χ4v) is 2.76. The molecule has 0 spiro atoms. The summed E-state index contributed by atoms with van der Waals surface area (Å²) in [4.78, 5) is 15.1. The van der Waals surface area contributed by atoms with Crippen LogP contribution in [-0.4, -0.2) is 16.1 Å². The summed E-state index contributed by atoms with van der Waals surface area (Å²) in [6.45, 7) is 0. The molecule has 0 atom stereocenters. The Kier molecular flexibility index (Phi) is 2.60. The third kappa shape index (κ3) is 2.00. The van der Waals surface area contributed by atoms with Crippen LogP contribution in [-0.2, 0) is 11.2 Å². The van der Waals surface area contributed by atoms with Gasteiger partial charge in [-0.2, -0.15) is 0 Å². The van der Waals surface area contributed by atoms with Crippen molar-refractivity contribution in [2.24, 2.45) is 0 Å². The summed E-state index contributed by atoms with van der Waals surface area (Å²) in [6.07, 6.45) is 1.64. The van der Waals surface area contributed by atoms with Gasteiger partial charge in [-0.25, -0.2) is 4.98 Å². The van der Waals surface area contributed by atoms with Crippen molar-refractivity contribution in [2.45, 2.75) is 6.42 Å². The molecule has 0 aliphatic rings. The fourth-order valence-electron chi connectivity index (χ4n) is 1.76. The Hall–Kier alpha value is -2.14. The number of benzene rings is 1. The molecule has 0 aliphatic carbocycles. The number of hydrogen-bond donors (Lipinski definition) is 1. The van der Waals surface area contributed by atoms with Gasteiger partial charge in [-0.1, -0.05) is 6.07 Å². The van der Waals surface area contributed by atoms with Crippen molar-refractivity contribution >= 4 is 27.5 Å². The molecule has 0 bridgehead atoms. The molecule has 0 saturated carbocycles. The second-order valence-electron chi connectivity index (χ2n) is 3.87. The standard InChI is InChI=1S/C13H9NO3S/c15-12(16)7-8-3-4-9-11(6-8)18-13(14-9)10-2-1-5-17-10/h1-6H,7H2,(H,15,16). The molecule has 2 heterocycles. The molecule has 1 N–H and O–H groups in total. The maximum absolute atomic E-state index is 10.7. The van der Waals surface area contributed by atoms with E-state index in [1.165, 1.54) is 11.3 Å². The van der Waals surface area contributed by atoms with Crippen LogP contribution in [0.2, 0.25) is 0 Å². The van der Waals surface area contributed by atoms with Crippen molar-refractivity contribution in [3.63, 3.8) is 0 Å². The summed E-state index contributed by atoms with van der Waals surface area (Å²) in [7, 11) is 0. The minimum atomic E-state index is -0.829. The number of aliphatic carboxylic acids is 1. The Morgan fingerprint density at radius 3 is 3.00 bits per heavy atom. The van der Waals surface area contributed by atoms with Crippen LogP contribution in [0, 0.1) is 0 Å². The third-order valence-electron chi connectivity index (χ3n) is 2.54. The van der Waals surface area contributed by atoms with Gasteiger partial charge in [0, 0.05) is 0 Å². The topological polar surface area (TPSA) is 63.3 Å². The van der Waals surface area contributed by atoms with E-state index in [9.17, 15) is 4.79 Å². The molecule has 3 rings (SSSR count). The zero-order chi connectivity index (χ0) is 12.5. The van der Waals surface area contributed by atoms with Crippen LogP contribution in [0.25, 0.3) is 21.0 Å². The van der Waals surface area contributed by atoms with E-state index in [1.807, 2.05) is 24.3 Å². The van der Waals surface area contributed by atoms with Gasteiger partial charge in [0.25, 0.3) is 0 Å². The van der Waals surface area contributed by atoms with Crippen LogP contribution in [0.15, 0.2) is 41.0 Å². The van der Waals surface area contributed by atoms with E-state index < -0.39 is 5.97 Å². The van der Waals surface area contributed by atoms with Crippen molar-refractivity contribution in [3.8, 4) is 10.8 Å². The largest absolute Gasteiger partial charge is 0.481 e. The van der Waals surface area contributed by atoms with Crippen molar-refractivity contribution in [1.82, 2.24) is 4.98 Å². The van der Waals surface area contributed by atoms with E-state index in [0.717, 1.165) is 26.5 Å². The van der Waals surface area contributed by atoms with Crippen molar-refractivity contribution in [2.75, 3.05) is 0 Å². The molecule has 0 saturated heterocycles. The van der Waals surface area contributed by atoms with Gasteiger partial charge in [-0.05, 0) is 29.8 Å². The van der Waals surface area contributed by atoms with Crippen molar-refractivity contribution in [3.05, 3.63) is 42.2 Å². The van der Waals surface area contributed by atoms with E-state index >= 15 is 0 Å². The lowest BCUT2D eigenvalue weighted by atomic mass is 10.1. The van der Waals surface area contributed by atoms with E-state index in [1.54, 1.807) is 12.3 Å². The number of carboxylic acids is 1. The highest BCUT2D eigenvalue weighted by Crippen LogP contribution is 2.30. The summed E-state index contributed by atoms with van der Waals surface area (Å²) in [5.41, 5.74) is 1.64.